The molecule has 0 unspecified atom stereocenters. The van der Waals surface area contributed by atoms with E-state index in [4.69, 9.17) is 15.6 Å². The molecule has 4 N–H and O–H groups in total. The number of carboxylic acid groups (broad SMARTS) is 1. The van der Waals surface area contributed by atoms with Crippen molar-refractivity contribution in [1.82, 2.24) is 14.9 Å². The molecule has 168 valence electrons. The monoisotopic (exact) mass is 447 g/mol. The van der Waals surface area contributed by atoms with Gasteiger partial charge in [0, 0.05) is 44.3 Å². The third-order valence-electron chi connectivity index (χ3n) is 4.57. The molecule has 0 fully saturated rings. The number of rotatable bonds is 11. The number of anilines is 1. The fourth-order valence-electron chi connectivity index (χ4n) is 2.90. The molecule has 1 aromatic carbocycles. The minimum atomic E-state index is -1.26. The molecule has 0 bridgehead atoms. The highest BCUT2D eigenvalue weighted by molar-refractivity contribution is 6.76. The van der Waals surface area contributed by atoms with Crippen LogP contribution in [0.3, 0.4) is 0 Å². The molecular formula is C20H29N5O5Si. The second-order valence-electron chi connectivity index (χ2n) is 8.36. The number of nitrogen functional groups attached to an aromatic ring is 1. The molecule has 0 aliphatic carbocycles. The van der Waals surface area contributed by atoms with Crippen molar-refractivity contribution in [2.24, 2.45) is 0 Å². The van der Waals surface area contributed by atoms with E-state index in [1.54, 1.807) is 16.8 Å². The van der Waals surface area contributed by atoms with Crippen molar-refractivity contribution >= 4 is 25.5 Å². The van der Waals surface area contributed by atoms with Crippen LogP contribution in [-0.4, -0.2) is 40.4 Å². The Labute approximate surface area is 181 Å². The van der Waals surface area contributed by atoms with Crippen LogP contribution in [0.2, 0.25) is 25.7 Å². The molecule has 1 amide bonds. The van der Waals surface area contributed by atoms with Gasteiger partial charge in [0.25, 0.3) is 5.69 Å². The van der Waals surface area contributed by atoms with Crippen LogP contribution in [0.4, 0.5) is 16.2 Å². The van der Waals surface area contributed by atoms with E-state index in [2.05, 4.69) is 36.5 Å². The number of non-ortho nitro benzene ring substituents is 1. The molecule has 31 heavy (non-hydrogen) atoms. The van der Waals surface area contributed by atoms with Gasteiger partial charge in [-0.3, -0.25) is 10.1 Å². The minimum absolute atomic E-state index is 0.122. The number of nitrogens with two attached hydrogens (primary N) is 1. The Kier molecular flexibility index (Phi) is 7.94. The van der Waals surface area contributed by atoms with Crippen molar-refractivity contribution in [2.45, 2.75) is 44.9 Å². The van der Waals surface area contributed by atoms with Gasteiger partial charge in [-0.25, -0.2) is 9.78 Å². The summed E-state index contributed by atoms with van der Waals surface area (Å²) in [5.74, 6) is 0.441. The van der Waals surface area contributed by atoms with Crippen LogP contribution in [0.5, 0.6) is 0 Å². The van der Waals surface area contributed by atoms with E-state index >= 15 is 0 Å². The molecule has 2 aromatic rings. The van der Waals surface area contributed by atoms with Gasteiger partial charge in [0.2, 0.25) is 0 Å². The maximum absolute atomic E-state index is 11.2. The molecule has 0 aliphatic heterocycles. The SMILES string of the molecule is C=CC[C@H](NC(=O)O)c1cn(COCC[Si](C)(C)C)c(-c2ccc([N+](=O)[O-])cc2N)n1. The first-order valence-electron chi connectivity index (χ1n) is 9.81. The first-order valence-corrected chi connectivity index (χ1v) is 13.5. The van der Waals surface area contributed by atoms with E-state index in [1.807, 2.05) is 0 Å². The third kappa shape index (κ3) is 6.93. The largest absolute Gasteiger partial charge is 0.465 e. The van der Waals surface area contributed by atoms with Gasteiger partial charge < -0.3 is 25.5 Å². The Hall–Kier alpha value is -3.18. The molecule has 1 heterocycles. The number of nitrogens with zero attached hydrogens (tertiary/aromatic N) is 3. The van der Waals surface area contributed by atoms with Crippen LogP contribution in [0.25, 0.3) is 11.4 Å². The van der Waals surface area contributed by atoms with E-state index in [0.717, 1.165) is 6.04 Å². The molecule has 2 rings (SSSR count). The van der Waals surface area contributed by atoms with Gasteiger partial charge >= 0.3 is 6.09 Å². The third-order valence-corrected chi connectivity index (χ3v) is 6.27. The summed E-state index contributed by atoms with van der Waals surface area (Å²) in [6.45, 7) is 11.2. The summed E-state index contributed by atoms with van der Waals surface area (Å²) in [6, 6.07) is 4.55. The molecule has 11 heteroatoms. The van der Waals surface area contributed by atoms with Crippen molar-refractivity contribution in [3.8, 4) is 11.4 Å². The summed E-state index contributed by atoms with van der Waals surface area (Å²) >= 11 is 0. The van der Waals surface area contributed by atoms with Gasteiger partial charge in [-0.1, -0.05) is 25.7 Å². The summed E-state index contributed by atoms with van der Waals surface area (Å²) in [5.41, 5.74) is 7.13. The number of nitro groups is 1. The van der Waals surface area contributed by atoms with Crippen molar-refractivity contribution in [1.29, 1.82) is 0 Å². The number of benzene rings is 1. The molecule has 0 aliphatic rings. The van der Waals surface area contributed by atoms with Crippen molar-refractivity contribution in [3.63, 3.8) is 0 Å². The zero-order chi connectivity index (χ0) is 23.2. The van der Waals surface area contributed by atoms with Crippen LogP contribution < -0.4 is 11.1 Å². The van der Waals surface area contributed by atoms with E-state index in [1.165, 1.54) is 18.2 Å². The lowest BCUT2D eigenvalue weighted by Gasteiger charge is -2.16. The highest BCUT2D eigenvalue weighted by Gasteiger charge is 2.21. The van der Waals surface area contributed by atoms with Crippen molar-refractivity contribution in [3.05, 3.63) is 52.9 Å². The Morgan fingerprint density at radius 3 is 2.74 bits per heavy atom. The lowest BCUT2D eigenvalue weighted by Crippen LogP contribution is -2.26. The van der Waals surface area contributed by atoms with E-state index in [0.29, 0.717) is 30.1 Å². The molecule has 0 saturated carbocycles. The van der Waals surface area contributed by atoms with Gasteiger partial charge in [0.1, 0.15) is 12.6 Å². The average molecular weight is 448 g/mol. The van der Waals surface area contributed by atoms with Crippen LogP contribution in [0, 0.1) is 10.1 Å². The normalized spacial score (nSPS) is 12.4. The van der Waals surface area contributed by atoms with Crippen LogP contribution >= 0.6 is 0 Å². The lowest BCUT2D eigenvalue weighted by molar-refractivity contribution is -0.384. The topological polar surface area (TPSA) is 146 Å². The highest BCUT2D eigenvalue weighted by Crippen LogP contribution is 2.30. The van der Waals surface area contributed by atoms with Crippen LogP contribution in [0.1, 0.15) is 18.2 Å². The van der Waals surface area contributed by atoms with Gasteiger partial charge in [-0.15, -0.1) is 6.58 Å². The highest BCUT2D eigenvalue weighted by atomic mass is 28.3. The van der Waals surface area contributed by atoms with Crippen molar-refractivity contribution in [2.75, 3.05) is 12.3 Å². The van der Waals surface area contributed by atoms with Gasteiger partial charge in [0.15, 0.2) is 0 Å². The van der Waals surface area contributed by atoms with Gasteiger partial charge in [-0.2, -0.15) is 0 Å². The predicted octanol–water partition coefficient (Wildman–Crippen LogP) is 4.24. The van der Waals surface area contributed by atoms with Crippen molar-refractivity contribution < 1.29 is 19.6 Å². The summed E-state index contributed by atoms with van der Waals surface area (Å²) in [4.78, 5) is 26.3. The summed E-state index contributed by atoms with van der Waals surface area (Å²) in [5, 5.41) is 22.6. The summed E-state index contributed by atoms with van der Waals surface area (Å²) in [7, 11) is -1.26. The van der Waals surface area contributed by atoms with E-state index < -0.39 is 25.1 Å². The number of nitro benzene ring substituents is 1. The Bertz CT molecular complexity index is 954. The number of ether oxygens (including phenoxy) is 1. The van der Waals surface area contributed by atoms with E-state index in [-0.39, 0.29) is 18.1 Å². The summed E-state index contributed by atoms with van der Waals surface area (Å²) in [6.07, 6.45) is 2.47. The number of hydrogen-bond acceptors (Lipinski definition) is 6. The molecule has 0 radical (unpaired) electrons. The molecule has 0 saturated heterocycles. The molecular weight excluding hydrogens is 418 g/mol. The first kappa shape index (κ1) is 24.1. The number of carbonyl (C=O) groups is 1. The van der Waals surface area contributed by atoms with Crippen LogP contribution in [0.15, 0.2) is 37.1 Å². The lowest BCUT2D eigenvalue weighted by atomic mass is 10.1. The number of amides is 1. The number of nitrogens with one attached hydrogen (secondary N) is 1. The molecule has 10 nitrogen and oxygen atoms in total. The molecule has 0 spiro atoms. The second kappa shape index (κ2) is 10.2. The number of aromatic nitrogens is 2. The average Bonchev–Trinajstić information content (AvgIpc) is 3.07. The predicted molar refractivity (Wildman–Crippen MR) is 122 cm³/mol. The maximum atomic E-state index is 11.2. The molecule has 1 aromatic heterocycles. The Morgan fingerprint density at radius 2 is 2.19 bits per heavy atom. The quantitative estimate of drug-likeness (QED) is 0.117. The fraction of sp³-hybridized carbons (Fsp3) is 0.400. The second-order valence-corrected chi connectivity index (χ2v) is 14.0. The van der Waals surface area contributed by atoms with Gasteiger partial charge in [-0.05, 0) is 18.5 Å². The number of hydrogen-bond donors (Lipinski definition) is 3. The Morgan fingerprint density at radius 1 is 1.48 bits per heavy atom. The minimum Gasteiger partial charge on any atom is -0.465 e. The summed E-state index contributed by atoms with van der Waals surface area (Å²) < 4.78 is 7.58. The Balaban J connectivity index is 2.41. The number of imidazole rings is 1. The first-order chi connectivity index (χ1) is 14.5. The van der Waals surface area contributed by atoms with Crippen LogP contribution in [-0.2, 0) is 11.5 Å². The standard InChI is InChI=1S/C20H29N5O5Si/c1-5-6-17(23-20(26)27)18-12-24(13-30-9-10-31(2,3)4)19(22-18)15-8-7-14(25(28)29)11-16(15)21/h5,7-8,11-12,17,23H,1,6,9-10,13,21H2,2-4H3,(H,26,27)/t17-/m0/s1. The maximum Gasteiger partial charge on any atom is 0.405 e. The van der Waals surface area contributed by atoms with E-state index in [9.17, 15) is 14.9 Å². The zero-order valence-corrected chi connectivity index (χ0v) is 19.0. The zero-order valence-electron chi connectivity index (χ0n) is 18.0. The smallest absolute Gasteiger partial charge is 0.405 e. The molecule has 1 atom stereocenters. The fourth-order valence-corrected chi connectivity index (χ4v) is 3.65. The van der Waals surface area contributed by atoms with Gasteiger partial charge in [0.05, 0.1) is 16.7 Å².